The van der Waals surface area contributed by atoms with E-state index in [1.807, 2.05) is 4.90 Å². The summed E-state index contributed by atoms with van der Waals surface area (Å²) in [7, 11) is 0. The van der Waals surface area contributed by atoms with E-state index in [9.17, 15) is 9.18 Å². The summed E-state index contributed by atoms with van der Waals surface area (Å²) in [6, 6.07) is 4.91. The molecule has 1 aliphatic heterocycles. The summed E-state index contributed by atoms with van der Waals surface area (Å²) >= 11 is 0. The number of rotatable bonds is 1. The Labute approximate surface area is 86.9 Å². The molecule has 3 nitrogen and oxygen atoms in total. The molecule has 0 bridgehead atoms. The lowest BCUT2D eigenvalue weighted by molar-refractivity contribution is -0.115. The van der Waals surface area contributed by atoms with Gasteiger partial charge in [-0.2, -0.15) is 0 Å². The van der Waals surface area contributed by atoms with Crippen molar-refractivity contribution in [1.82, 2.24) is 0 Å². The molecule has 1 saturated carbocycles. The predicted molar refractivity (Wildman–Crippen MR) is 55.4 cm³/mol. The van der Waals surface area contributed by atoms with E-state index in [4.69, 9.17) is 0 Å². The Hall–Kier alpha value is -1.58. The van der Waals surface area contributed by atoms with Crippen molar-refractivity contribution in [2.24, 2.45) is 0 Å². The topological polar surface area (TPSA) is 32.3 Å². The van der Waals surface area contributed by atoms with Crippen molar-refractivity contribution in [3.05, 3.63) is 24.0 Å². The third-order valence-electron chi connectivity index (χ3n) is 2.84. The van der Waals surface area contributed by atoms with E-state index < -0.39 is 0 Å². The highest BCUT2D eigenvalue weighted by Crippen LogP contribution is 2.38. The number of carbonyl (C=O) groups excluding carboxylic acids is 1. The van der Waals surface area contributed by atoms with E-state index in [1.54, 1.807) is 6.07 Å². The number of hydrogen-bond donors (Lipinski definition) is 1. The largest absolute Gasteiger partial charge is 0.357 e. The molecule has 1 fully saturated rings. The fourth-order valence-electron chi connectivity index (χ4n) is 1.99. The molecular formula is C11H11FN2O. The zero-order valence-corrected chi connectivity index (χ0v) is 8.16. The van der Waals surface area contributed by atoms with E-state index >= 15 is 0 Å². The fourth-order valence-corrected chi connectivity index (χ4v) is 1.99. The van der Waals surface area contributed by atoms with Crippen molar-refractivity contribution in [2.45, 2.75) is 18.9 Å². The molecule has 1 aliphatic carbocycles. The van der Waals surface area contributed by atoms with Crippen LogP contribution in [0.4, 0.5) is 15.8 Å². The number of halogens is 1. The van der Waals surface area contributed by atoms with Crippen LogP contribution in [0.1, 0.15) is 12.8 Å². The van der Waals surface area contributed by atoms with E-state index in [2.05, 4.69) is 5.32 Å². The SMILES string of the molecule is O=C1CN(C2CC2)c2cc(F)ccc2N1. The Bertz CT molecular complexity index is 429. The number of amides is 1. The second kappa shape index (κ2) is 2.95. The Morgan fingerprint density at radius 2 is 2.20 bits per heavy atom. The number of nitrogens with one attached hydrogen (secondary N) is 1. The number of anilines is 2. The lowest BCUT2D eigenvalue weighted by Crippen LogP contribution is -2.39. The molecule has 78 valence electrons. The number of carbonyl (C=O) groups is 1. The molecule has 2 aliphatic rings. The molecule has 0 aromatic heterocycles. The van der Waals surface area contributed by atoms with Gasteiger partial charge in [-0.1, -0.05) is 0 Å². The summed E-state index contributed by atoms with van der Waals surface area (Å²) in [4.78, 5) is 13.4. The Morgan fingerprint density at radius 1 is 1.40 bits per heavy atom. The fraction of sp³-hybridized carbons (Fsp3) is 0.364. The van der Waals surface area contributed by atoms with Crippen LogP contribution in [0, 0.1) is 5.82 Å². The molecule has 0 radical (unpaired) electrons. The minimum atomic E-state index is -0.254. The minimum Gasteiger partial charge on any atom is -0.357 e. The van der Waals surface area contributed by atoms with Crippen molar-refractivity contribution in [3.63, 3.8) is 0 Å². The first-order valence-electron chi connectivity index (χ1n) is 5.10. The van der Waals surface area contributed by atoms with Gasteiger partial charge >= 0.3 is 0 Å². The van der Waals surface area contributed by atoms with Gasteiger partial charge in [0.05, 0.1) is 17.9 Å². The summed E-state index contributed by atoms with van der Waals surface area (Å²) in [6.45, 7) is 0.348. The summed E-state index contributed by atoms with van der Waals surface area (Å²) in [5, 5.41) is 2.75. The summed E-state index contributed by atoms with van der Waals surface area (Å²) in [6.07, 6.45) is 2.20. The predicted octanol–water partition coefficient (Wildman–Crippen LogP) is 1.75. The van der Waals surface area contributed by atoms with Crippen LogP contribution in [0.3, 0.4) is 0 Å². The van der Waals surface area contributed by atoms with Crippen molar-refractivity contribution in [1.29, 1.82) is 0 Å². The first-order chi connectivity index (χ1) is 7.24. The van der Waals surface area contributed by atoms with Crippen LogP contribution >= 0.6 is 0 Å². The van der Waals surface area contributed by atoms with Crippen LogP contribution in [0.2, 0.25) is 0 Å². The third-order valence-corrected chi connectivity index (χ3v) is 2.84. The van der Waals surface area contributed by atoms with Crippen molar-refractivity contribution < 1.29 is 9.18 Å². The molecule has 0 spiro atoms. The second-order valence-corrected chi connectivity index (χ2v) is 4.07. The van der Waals surface area contributed by atoms with Crippen LogP contribution in [0.25, 0.3) is 0 Å². The molecule has 0 saturated heterocycles. The standard InChI is InChI=1S/C11H11FN2O/c12-7-1-4-9-10(5-7)14(8-2-3-8)6-11(15)13-9/h1,4-5,8H,2-3,6H2,(H,13,15). The van der Waals surface area contributed by atoms with Gasteiger partial charge in [-0.05, 0) is 31.0 Å². The highest BCUT2D eigenvalue weighted by Gasteiger charge is 2.34. The molecule has 3 rings (SSSR count). The maximum Gasteiger partial charge on any atom is 0.243 e. The van der Waals surface area contributed by atoms with Gasteiger partial charge in [0, 0.05) is 6.04 Å². The van der Waals surface area contributed by atoms with E-state index in [1.165, 1.54) is 12.1 Å². The Kier molecular flexibility index (Phi) is 1.71. The number of benzene rings is 1. The number of hydrogen-bond acceptors (Lipinski definition) is 2. The van der Waals surface area contributed by atoms with Gasteiger partial charge < -0.3 is 10.2 Å². The zero-order valence-electron chi connectivity index (χ0n) is 8.16. The van der Waals surface area contributed by atoms with Gasteiger partial charge in [-0.25, -0.2) is 4.39 Å². The maximum atomic E-state index is 13.1. The smallest absolute Gasteiger partial charge is 0.243 e. The quantitative estimate of drug-likeness (QED) is 0.759. The average Bonchev–Trinajstić information content (AvgIpc) is 3.01. The molecule has 1 N–H and O–H groups in total. The van der Waals surface area contributed by atoms with Crippen LogP contribution in [-0.4, -0.2) is 18.5 Å². The molecule has 1 amide bonds. The van der Waals surface area contributed by atoms with Gasteiger partial charge in [0.15, 0.2) is 0 Å². The lowest BCUT2D eigenvalue weighted by atomic mass is 10.2. The normalized spacial score (nSPS) is 19.8. The van der Waals surface area contributed by atoms with Crippen LogP contribution in [0.5, 0.6) is 0 Å². The molecule has 15 heavy (non-hydrogen) atoms. The van der Waals surface area contributed by atoms with Crippen LogP contribution in [0.15, 0.2) is 18.2 Å². The highest BCUT2D eigenvalue weighted by molar-refractivity contribution is 6.01. The Balaban J connectivity index is 2.06. The van der Waals surface area contributed by atoms with Crippen LogP contribution < -0.4 is 10.2 Å². The monoisotopic (exact) mass is 206 g/mol. The molecule has 1 aromatic carbocycles. The molecule has 1 heterocycles. The second-order valence-electron chi connectivity index (χ2n) is 4.07. The molecule has 0 atom stereocenters. The summed E-state index contributed by atoms with van der Waals surface area (Å²) in [5.41, 5.74) is 1.54. The van der Waals surface area contributed by atoms with Crippen molar-refractivity contribution >= 4 is 17.3 Å². The Morgan fingerprint density at radius 3 is 2.93 bits per heavy atom. The molecule has 0 unspecified atom stereocenters. The summed E-state index contributed by atoms with van der Waals surface area (Å²) < 4.78 is 13.1. The van der Waals surface area contributed by atoms with Gasteiger partial charge in [0.25, 0.3) is 0 Å². The van der Waals surface area contributed by atoms with Crippen LogP contribution in [-0.2, 0) is 4.79 Å². The van der Waals surface area contributed by atoms with E-state index in [-0.39, 0.29) is 11.7 Å². The third kappa shape index (κ3) is 1.46. The van der Waals surface area contributed by atoms with E-state index in [0.717, 1.165) is 24.2 Å². The van der Waals surface area contributed by atoms with E-state index in [0.29, 0.717) is 12.6 Å². The average molecular weight is 206 g/mol. The first-order valence-corrected chi connectivity index (χ1v) is 5.10. The zero-order chi connectivity index (χ0) is 10.4. The maximum absolute atomic E-state index is 13.1. The van der Waals surface area contributed by atoms with Gasteiger partial charge in [0.2, 0.25) is 5.91 Å². The van der Waals surface area contributed by atoms with Crippen molar-refractivity contribution in [3.8, 4) is 0 Å². The highest BCUT2D eigenvalue weighted by atomic mass is 19.1. The molecule has 4 heteroatoms. The van der Waals surface area contributed by atoms with Gasteiger partial charge in [-0.15, -0.1) is 0 Å². The summed E-state index contributed by atoms with van der Waals surface area (Å²) in [5.74, 6) is -0.267. The minimum absolute atomic E-state index is 0.0130. The molecular weight excluding hydrogens is 195 g/mol. The van der Waals surface area contributed by atoms with Gasteiger partial charge in [0.1, 0.15) is 5.82 Å². The number of fused-ring (bicyclic) bond motifs is 1. The number of nitrogens with zero attached hydrogens (tertiary/aromatic N) is 1. The van der Waals surface area contributed by atoms with Crippen molar-refractivity contribution in [2.75, 3.05) is 16.8 Å². The lowest BCUT2D eigenvalue weighted by Gasteiger charge is -2.30. The molecule has 1 aromatic rings. The first kappa shape index (κ1) is 8.71. The van der Waals surface area contributed by atoms with Gasteiger partial charge in [-0.3, -0.25) is 4.79 Å².